The molecule has 0 bridgehead atoms. The van der Waals surface area contributed by atoms with Gasteiger partial charge in [0.2, 0.25) is 0 Å². The molecule has 3 heterocycles. The van der Waals surface area contributed by atoms with Crippen molar-refractivity contribution in [3.05, 3.63) is 40.7 Å². The average molecular weight is 300 g/mol. The van der Waals surface area contributed by atoms with Crippen LogP contribution in [0.1, 0.15) is 18.5 Å². The largest absolute Gasteiger partial charge is 0.317 e. The summed E-state index contributed by atoms with van der Waals surface area (Å²) >= 11 is 0. The number of hydrogen-bond donors (Lipinski definition) is 3. The van der Waals surface area contributed by atoms with Gasteiger partial charge in [-0.3, -0.25) is 9.78 Å². The Morgan fingerprint density at radius 2 is 2.14 bits per heavy atom. The molecule has 1 aliphatic rings. The van der Waals surface area contributed by atoms with Crippen LogP contribution in [-0.2, 0) is 6.54 Å². The average Bonchev–Trinajstić information content (AvgIpc) is 2.56. The Kier molecular flexibility index (Phi) is 4.87. The molecule has 0 unspecified atom stereocenters. The first-order valence-corrected chi connectivity index (χ1v) is 7.59. The molecule has 0 spiro atoms. The molecule has 0 radical (unpaired) electrons. The number of nitrogens with zero attached hydrogens (tertiary/aromatic N) is 3. The molecule has 2 aromatic rings. The zero-order chi connectivity index (χ0) is 15.2. The molecule has 0 amide bonds. The van der Waals surface area contributed by atoms with E-state index in [0.717, 1.165) is 25.3 Å². The minimum absolute atomic E-state index is 0.172. The van der Waals surface area contributed by atoms with Crippen molar-refractivity contribution < 1.29 is 0 Å². The van der Waals surface area contributed by atoms with Crippen molar-refractivity contribution in [2.45, 2.75) is 19.4 Å². The smallest absolute Gasteiger partial charge is 0.251 e. The highest BCUT2D eigenvalue weighted by molar-refractivity contribution is 5.46. The van der Waals surface area contributed by atoms with Crippen molar-refractivity contribution in [1.29, 1.82) is 0 Å². The van der Waals surface area contributed by atoms with E-state index in [4.69, 9.17) is 0 Å². The molecular weight excluding hydrogens is 280 g/mol. The van der Waals surface area contributed by atoms with Gasteiger partial charge in [-0.25, -0.2) is 9.97 Å². The summed E-state index contributed by atoms with van der Waals surface area (Å²) in [7, 11) is 0. The highest BCUT2D eigenvalue weighted by Crippen LogP contribution is 2.10. The van der Waals surface area contributed by atoms with E-state index in [1.807, 2.05) is 0 Å². The number of piperidine rings is 1. The normalized spacial score (nSPS) is 15.8. The standard InChI is InChI=1S/C15H20N6O/c22-14-7-12(9-18-8-11-1-3-16-4-2-11)20-15(21-14)13-10-17-5-6-19-13/h5-7,10-11,16,18H,1-4,8-9H2,(H,20,21,22). The molecule has 1 saturated heterocycles. The van der Waals surface area contributed by atoms with Gasteiger partial charge in [-0.2, -0.15) is 0 Å². The van der Waals surface area contributed by atoms with Crippen LogP contribution in [0.5, 0.6) is 0 Å². The van der Waals surface area contributed by atoms with Gasteiger partial charge in [0.05, 0.1) is 11.9 Å². The maximum absolute atomic E-state index is 11.8. The monoisotopic (exact) mass is 300 g/mol. The molecule has 2 aromatic heterocycles. The topological polar surface area (TPSA) is 95.6 Å². The lowest BCUT2D eigenvalue weighted by molar-refractivity contribution is 0.356. The number of hydrogen-bond acceptors (Lipinski definition) is 6. The Balaban J connectivity index is 1.64. The first-order valence-electron chi connectivity index (χ1n) is 7.59. The van der Waals surface area contributed by atoms with Crippen molar-refractivity contribution >= 4 is 0 Å². The van der Waals surface area contributed by atoms with E-state index >= 15 is 0 Å². The van der Waals surface area contributed by atoms with Crippen LogP contribution in [0.4, 0.5) is 0 Å². The summed E-state index contributed by atoms with van der Waals surface area (Å²) in [5.74, 6) is 1.15. The summed E-state index contributed by atoms with van der Waals surface area (Å²) in [5, 5.41) is 6.76. The molecular formula is C15H20N6O. The van der Waals surface area contributed by atoms with Crippen molar-refractivity contribution in [2.24, 2.45) is 5.92 Å². The molecule has 7 heteroatoms. The summed E-state index contributed by atoms with van der Waals surface area (Å²) in [6, 6.07) is 1.52. The Hall–Kier alpha value is -2.12. The molecule has 0 aromatic carbocycles. The van der Waals surface area contributed by atoms with Crippen molar-refractivity contribution in [3.8, 4) is 11.5 Å². The predicted molar refractivity (Wildman–Crippen MR) is 83.2 cm³/mol. The van der Waals surface area contributed by atoms with E-state index < -0.39 is 0 Å². The van der Waals surface area contributed by atoms with Gasteiger partial charge in [0, 0.05) is 25.0 Å². The first kappa shape index (κ1) is 14.8. The fourth-order valence-electron chi connectivity index (χ4n) is 2.63. The molecule has 7 nitrogen and oxygen atoms in total. The van der Waals surface area contributed by atoms with Gasteiger partial charge in [0.25, 0.3) is 5.56 Å². The maximum atomic E-state index is 11.8. The van der Waals surface area contributed by atoms with Crippen LogP contribution in [0.3, 0.4) is 0 Å². The summed E-state index contributed by atoms with van der Waals surface area (Å²) < 4.78 is 0. The molecule has 0 saturated carbocycles. The summed E-state index contributed by atoms with van der Waals surface area (Å²) in [6.45, 7) is 3.72. The zero-order valence-electron chi connectivity index (χ0n) is 12.4. The second-order valence-electron chi connectivity index (χ2n) is 5.50. The number of aromatic nitrogens is 4. The SMILES string of the molecule is O=c1cc(CNCC2CCNCC2)nc(-c2cnccn2)[nH]1. The molecule has 1 fully saturated rings. The fraction of sp³-hybridized carbons (Fsp3) is 0.467. The Morgan fingerprint density at radius 1 is 1.27 bits per heavy atom. The minimum Gasteiger partial charge on any atom is -0.317 e. The molecule has 22 heavy (non-hydrogen) atoms. The lowest BCUT2D eigenvalue weighted by atomic mass is 9.98. The Bertz CT molecular complexity index is 651. The molecule has 0 aliphatic carbocycles. The molecule has 3 N–H and O–H groups in total. The highest BCUT2D eigenvalue weighted by Gasteiger charge is 2.12. The van der Waals surface area contributed by atoms with Crippen LogP contribution in [0.15, 0.2) is 29.5 Å². The zero-order valence-corrected chi connectivity index (χ0v) is 12.4. The van der Waals surface area contributed by atoms with E-state index in [9.17, 15) is 4.79 Å². The predicted octanol–water partition coefficient (Wildman–Crippen LogP) is 0.316. The van der Waals surface area contributed by atoms with E-state index in [0.29, 0.717) is 24.0 Å². The van der Waals surface area contributed by atoms with E-state index in [2.05, 4.69) is 30.6 Å². The third-order valence-corrected chi connectivity index (χ3v) is 3.80. The number of aromatic amines is 1. The third kappa shape index (κ3) is 3.96. The lowest BCUT2D eigenvalue weighted by Gasteiger charge is -2.22. The van der Waals surface area contributed by atoms with E-state index in [1.165, 1.54) is 18.9 Å². The van der Waals surface area contributed by atoms with Crippen LogP contribution in [0.25, 0.3) is 11.5 Å². The molecule has 0 atom stereocenters. The van der Waals surface area contributed by atoms with Crippen LogP contribution in [0.2, 0.25) is 0 Å². The second-order valence-corrected chi connectivity index (χ2v) is 5.50. The molecule has 1 aliphatic heterocycles. The Morgan fingerprint density at radius 3 is 2.91 bits per heavy atom. The van der Waals surface area contributed by atoms with Gasteiger partial charge in [-0.05, 0) is 38.4 Å². The van der Waals surface area contributed by atoms with Crippen molar-refractivity contribution in [2.75, 3.05) is 19.6 Å². The van der Waals surface area contributed by atoms with E-state index in [1.54, 1.807) is 18.6 Å². The molecule has 3 rings (SSSR count). The van der Waals surface area contributed by atoms with Crippen LogP contribution >= 0.6 is 0 Å². The summed E-state index contributed by atoms with van der Waals surface area (Å²) in [6.07, 6.45) is 7.15. The fourth-order valence-corrected chi connectivity index (χ4v) is 2.63. The summed E-state index contributed by atoms with van der Waals surface area (Å²) in [4.78, 5) is 27.1. The van der Waals surface area contributed by atoms with Gasteiger partial charge >= 0.3 is 0 Å². The van der Waals surface area contributed by atoms with Crippen LogP contribution in [0, 0.1) is 5.92 Å². The first-order chi connectivity index (χ1) is 10.8. The van der Waals surface area contributed by atoms with Gasteiger partial charge in [-0.15, -0.1) is 0 Å². The Labute approximate surface area is 128 Å². The minimum atomic E-state index is -0.172. The maximum Gasteiger partial charge on any atom is 0.251 e. The van der Waals surface area contributed by atoms with Gasteiger partial charge in [0.1, 0.15) is 5.69 Å². The number of H-pyrrole nitrogens is 1. The van der Waals surface area contributed by atoms with Crippen LogP contribution < -0.4 is 16.2 Å². The summed E-state index contributed by atoms with van der Waals surface area (Å²) in [5.41, 5.74) is 1.12. The van der Waals surface area contributed by atoms with Gasteiger partial charge in [0.15, 0.2) is 5.82 Å². The van der Waals surface area contributed by atoms with Crippen molar-refractivity contribution in [3.63, 3.8) is 0 Å². The highest BCUT2D eigenvalue weighted by atomic mass is 16.1. The molecule has 116 valence electrons. The van der Waals surface area contributed by atoms with Gasteiger partial charge < -0.3 is 15.6 Å². The second kappa shape index (κ2) is 7.24. The number of rotatable bonds is 5. The third-order valence-electron chi connectivity index (χ3n) is 3.80. The van der Waals surface area contributed by atoms with Gasteiger partial charge in [-0.1, -0.05) is 0 Å². The number of nitrogens with one attached hydrogen (secondary N) is 3. The van der Waals surface area contributed by atoms with Crippen LogP contribution in [-0.4, -0.2) is 39.6 Å². The quantitative estimate of drug-likeness (QED) is 0.736. The lowest BCUT2D eigenvalue weighted by Crippen LogP contribution is -2.33. The van der Waals surface area contributed by atoms with E-state index in [-0.39, 0.29) is 5.56 Å². The van der Waals surface area contributed by atoms with Crippen molar-refractivity contribution in [1.82, 2.24) is 30.6 Å².